The van der Waals surface area contributed by atoms with Gasteiger partial charge in [-0.3, -0.25) is 4.79 Å². The molecule has 1 heterocycles. The topological polar surface area (TPSA) is 68.0 Å². The molecule has 92 valence electrons. The van der Waals surface area contributed by atoms with Crippen molar-refractivity contribution in [2.75, 3.05) is 11.1 Å². The van der Waals surface area contributed by atoms with Crippen LogP contribution in [0.2, 0.25) is 5.02 Å². The summed E-state index contributed by atoms with van der Waals surface area (Å²) in [6.45, 7) is 1.92. The van der Waals surface area contributed by atoms with Gasteiger partial charge in [-0.2, -0.15) is 0 Å². The second-order valence-electron chi connectivity index (χ2n) is 3.90. The number of pyridine rings is 1. The third-order valence-electron chi connectivity index (χ3n) is 2.42. The van der Waals surface area contributed by atoms with Crippen LogP contribution in [0.4, 0.5) is 11.5 Å². The predicted octanol–water partition coefficient (Wildman–Crippen LogP) is 2.88. The highest BCUT2D eigenvalue weighted by Gasteiger charge is 2.11. The zero-order valence-corrected chi connectivity index (χ0v) is 10.5. The lowest BCUT2D eigenvalue weighted by Crippen LogP contribution is -2.14. The molecule has 0 radical (unpaired) electrons. The van der Waals surface area contributed by atoms with E-state index in [1.165, 1.54) is 6.07 Å². The van der Waals surface area contributed by atoms with Crippen molar-refractivity contribution in [3.05, 3.63) is 52.7 Å². The fourth-order valence-corrected chi connectivity index (χ4v) is 1.69. The maximum atomic E-state index is 12.0. The molecule has 0 aliphatic rings. The number of amides is 1. The van der Waals surface area contributed by atoms with Gasteiger partial charge in [0.2, 0.25) is 0 Å². The summed E-state index contributed by atoms with van der Waals surface area (Å²) in [6.07, 6.45) is 1.63. The first-order valence-electron chi connectivity index (χ1n) is 5.35. The lowest BCUT2D eigenvalue weighted by atomic mass is 10.1. The maximum absolute atomic E-state index is 12.0. The largest absolute Gasteiger partial charge is 0.398 e. The zero-order chi connectivity index (χ0) is 13.1. The van der Waals surface area contributed by atoms with Crippen molar-refractivity contribution in [3.63, 3.8) is 0 Å². The zero-order valence-electron chi connectivity index (χ0n) is 9.77. The van der Waals surface area contributed by atoms with Gasteiger partial charge < -0.3 is 11.1 Å². The number of nitrogens with one attached hydrogen (secondary N) is 1. The van der Waals surface area contributed by atoms with Crippen LogP contribution < -0.4 is 11.1 Å². The Balaban J connectivity index is 2.24. The van der Waals surface area contributed by atoms with E-state index in [9.17, 15) is 4.79 Å². The normalized spacial score (nSPS) is 10.1. The SMILES string of the molecule is Cc1ccnc(NC(=O)c2cc(Cl)ccc2N)c1. The second kappa shape index (κ2) is 5.06. The molecule has 0 saturated heterocycles. The van der Waals surface area contributed by atoms with Gasteiger partial charge >= 0.3 is 0 Å². The predicted molar refractivity (Wildman–Crippen MR) is 72.8 cm³/mol. The van der Waals surface area contributed by atoms with Gasteiger partial charge in [0.15, 0.2) is 0 Å². The summed E-state index contributed by atoms with van der Waals surface area (Å²) >= 11 is 5.84. The highest BCUT2D eigenvalue weighted by Crippen LogP contribution is 2.19. The standard InChI is InChI=1S/C13H12ClN3O/c1-8-4-5-16-12(6-8)17-13(18)10-7-9(14)2-3-11(10)15/h2-7H,15H2,1H3,(H,16,17,18). The Kier molecular flexibility index (Phi) is 3.48. The molecule has 1 aromatic heterocycles. The van der Waals surface area contributed by atoms with Crippen molar-refractivity contribution in [2.24, 2.45) is 0 Å². The molecule has 0 saturated carbocycles. The summed E-state index contributed by atoms with van der Waals surface area (Å²) < 4.78 is 0. The molecule has 0 atom stereocenters. The number of anilines is 2. The number of carbonyl (C=O) groups is 1. The molecular weight excluding hydrogens is 250 g/mol. The van der Waals surface area contributed by atoms with Crippen LogP contribution in [0.1, 0.15) is 15.9 Å². The van der Waals surface area contributed by atoms with Gasteiger partial charge in [0.05, 0.1) is 5.56 Å². The van der Waals surface area contributed by atoms with E-state index in [0.717, 1.165) is 5.56 Å². The Morgan fingerprint density at radius 1 is 1.33 bits per heavy atom. The molecule has 0 spiro atoms. The van der Waals surface area contributed by atoms with Gasteiger partial charge in [0.1, 0.15) is 5.82 Å². The summed E-state index contributed by atoms with van der Waals surface area (Å²) in [7, 11) is 0. The highest BCUT2D eigenvalue weighted by molar-refractivity contribution is 6.31. The van der Waals surface area contributed by atoms with E-state index < -0.39 is 0 Å². The summed E-state index contributed by atoms with van der Waals surface area (Å²) in [5.41, 5.74) is 7.47. The number of aromatic nitrogens is 1. The molecule has 3 N–H and O–H groups in total. The average molecular weight is 262 g/mol. The van der Waals surface area contributed by atoms with Gasteiger partial charge in [0.25, 0.3) is 5.91 Å². The summed E-state index contributed by atoms with van der Waals surface area (Å²) in [6, 6.07) is 8.39. The number of benzene rings is 1. The number of aryl methyl sites for hydroxylation is 1. The van der Waals surface area contributed by atoms with E-state index >= 15 is 0 Å². The van der Waals surface area contributed by atoms with E-state index in [0.29, 0.717) is 22.1 Å². The van der Waals surface area contributed by atoms with E-state index in [4.69, 9.17) is 17.3 Å². The molecule has 1 aromatic carbocycles. The Morgan fingerprint density at radius 2 is 2.11 bits per heavy atom. The first-order valence-corrected chi connectivity index (χ1v) is 5.73. The Bertz CT molecular complexity index is 599. The second-order valence-corrected chi connectivity index (χ2v) is 4.34. The van der Waals surface area contributed by atoms with Crippen molar-refractivity contribution in [1.29, 1.82) is 0 Å². The number of rotatable bonds is 2. The van der Waals surface area contributed by atoms with Crippen LogP contribution in [0.5, 0.6) is 0 Å². The molecule has 1 amide bonds. The monoisotopic (exact) mass is 261 g/mol. The van der Waals surface area contributed by atoms with Crippen LogP contribution in [0.25, 0.3) is 0 Å². The number of carbonyl (C=O) groups excluding carboxylic acids is 1. The number of nitrogen functional groups attached to an aromatic ring is 1. The summed E-state index contributed by atoms with van der Waals surface area (Å²) in [4.78, 5) is 16.1. The molecule has 0 unspecified atom stereocenters. The van der Waals surface area contributed by atoms with E-state index in [1.807, 2.05) is 13.0 Å². The van der Waals surface area contributed by atoms with Gasteiger partial charge in [-0.05, 0) is 42.8 Å². The smallest absolute Gasteiger partial charge is 0.258 e. The van der Waals surface area contributed by atoms with Crippen molar-refractivity contribution < 1.29 is 4.79 Å². The molecule has 5 heteroatoms. The van der Waals surface area contributed by atoms with Crippen LogP contribution in [0, 0.1) is 6.92 Å². The minimum atomic E-state index is -0.326. The number of hydrogen-bond acceptors (Lipinski definition) is 3. The molecule has 2 aromatic rings. The molecule has 0 aliphatic carbocycles. The van der Waals surface area contributed by atoms with Crippen molar-refractivity contribution in [2.45, 2.75) is 6.92 Å². The quantitative estimate of drug-likeness (QED) is 0.817. The van der Waals surface area contributed by atoms with Gasteiger partial charge in [-0.1, -0.05) is 11.6 Å². The van der Waals surface area contributed by atoms with Gasteiger partial charge in [-0.25, -0.2) is 4.98 Å². The Hall–Kier alpha value is -2.07. The molecule has 4 nitrogen and oxygen atoms in total. The fourth-order valence-electron chi connectivity index (χ4n) is 1.51. The van der Waals surface area contributed by atoms with Crippen LogP contribution in [0.3, 0.4) is 0 Å². The molecule has 18 heavy (non-hydrogen) atoms. The van der Waals surface area contributed by atoms with Crippen LogP contribution in [-0.4, -0.2) is 10.9 Å². The van der Waals surface area contributed by atoms with Gasteiger partial charge in [-0.15, -0.1) is 0 Å². The van der Waals surface area contributed by atoms with Crippen LogP contribution in [0.15, 0.2) is 36.5 Å². The van der Waals surface area contributed by atoms with Crippen LogP contribution in [-0.2, 0) is 0 Å². The molecular formula is C13H12ClN3O. The molecule has 0 fully saturated rings. The first kappa shape index (κ1) is 12.4. The third-order valence-corrected chi connectivity index (χ3v) is 2.65. The van der Waals surface area contributed by atoms with E-state index in [1.54, 1.807) is 24.4 Å². The van der Waals surface area contributed by atoms with Crippen molar-refractivity contribution >= 4 is 29.0 Å². The fraction of sp³-hybridized carbons (Fsp3) is 0.0769. The van der Waals surface area contributed by atoms with Gasteiger partial charge in [0, 0.05) is 16.9 Å². The van der Waals surface area contributed by atoms with Crippen molar-refractivity contribution in [1.82, 2.24) is 4.98 Å². The van der Waals surface area contributed by atoms with Crippen LogP contribution >= 0.6 is 11.6 Å². The lowest BCUT2D eigenvalue weighted by Gasteiger charge is -2.07. The minimum absolute atomic E-state index is 0.326. The number of nitrogens with zero attached hydrogens (tertiary/aromatic N) is 1. The Morgan fingerprint density at radius 3 is 2.83 bits per heavy atom. The van der Waals surface area contributed by atoms with Crippen molar-refractivity contribution in [3.8, 4) is 0 Å². The molecule has 0 aliphatic heterocycles. The first-order chi connectivity index (χ1) is 8.56. The molecule has 2 rings (SSSR count). The Labute approximate surface area is 110 Å². The maximum Gasteiger partial charge on any atom is 0.258 e. The van der Waals surface area contributed by atoms with E-state index in [2.05, 4.69) is 10.3 Å². The summed E-state index contributed by atoms with van der Waals surface area (Å²) in [5.74, 6) is 0.160. The average Bonchev–Trinajstić information content (AvgIpc) is 2.32. The lowest BCUT2D eigenvalue weighted by molar-refractivity contribution is 0.102. The number of halogens is 1. The third kappa shape index (κ3) is 2.78. The summed E-state index contributed by atoms with van der Waals surface area (Å²) in [5, 5.41) is 3.14. The highest BCUT2D eigenvalue weighted by atomic mass is 35.5. The molecule has 0 bridgehead atoms. The number of hydrogen-bond donors (Lipinski definition) is 2. The number of nitrogens with two attached hydrogens (primary N) is 1. The minimum Gasteiger partial charge on any atom is -0.398 e. The van der Waals surface area contributed by atoms with E-state index in [-0.39, 0.29) is 5.91 Å².